The molecule has 1 aromatic heterocycles. The van der Waals surface area contributed by atoms with Crippen LogP contribution in [0.4, 0.5) is 0 Å². The summed E-state index contributed by atoms with van der Waals surface area (Å²) in [4.78, 5) is 44.0. The monoisotopic (exact) mass is 602 g/mol. The molecule has 4 aromatic rings. The first-order valence-corrected chi connectivity index (χ1v) is 13.8. The zero-order valence-corrected chi connectivity index (χ0v) is 23.5. The Hall–Kier alpha value is -4.08. The van der Waals surface area contributed by atoms with Gasteiger partial charge in [0.2, 0.25) is 0 Å². The molecule has 39 heavy (non-hydrogen) atoms. The Morgan fingerprint density at radius 1 is 1.05 bits per heavy atom. The van der Waals surface area contributed by atoms with E-state index in [0.717, 1.165) is 16.7 Å². The number of carbonyl (C=O) groups excluding carboxylic acids is 2. The topological polar surface area (TPSA) is 87.0 Å². The Morgan fingerprint density at radius 3 is 2.38 bits per heavy atom. The highest BCUT2D eigenvalue weighted by Crippen LogP contribution is 2.35. The van der Waals surface area contributed by atoms with Crippen molar-refractivity contribution in [2.45, 2.75) is 19.9 Å². The van der Waals surface area contributed by atoms with Crippen LogP contribution in [-0.4, -0.2) is 23.1 Å². The largest absolute Gasteiger partial charge is 0.463 e. The molecular formula is C30H23BrN2O5S. The van der Waals surface area contributed by atoms with Crippen LogP contribution in [0.5, 0.6) is 5.75 Å². The molecule has 0 amide bonds. The molecule has 0 fully saturated rings. The minimum absolute atomic E-state index is 0.189. The molecule has 0 unspecified atom stereocenters. The first-order chi connectivity index (χ1) is 18.9. The smallest absolute Gasteiger partial charge is 0.338 e. The lowest BCUT2D eigenvalue weighted by Gasteiger charge is -2.25. The quantitative estimate of drug-likeness (QED) is 0.237. The highest BCUT2D eigenvalue weighted by molar-refractivity contribution is 9.10. The van der Waals surface area contributed by atoms with Crippen molar-refractivity contribution in [3.63, 3.8) is 0 Å². The number of fused-ring (bicyclic) bond motifs is 1. The molecule has 2 heterocycles. The number of carbonyl (C=O) groups is 2. The molecule has 196 valence electrons. The Morgan fingerprint density at radius 2 is 1.74 bits per heavy atom. The number of hydrogen-bond acceptors (Lipinski definition) is 7. The third-order valence-corrected chi connectivity index (χ3v) is 7.60. The van der Waals surface area contributed by atoms with E-state index >= 15 is 0 Å². The molecule has 0 saturated carbocycles. The normalized spacial score (nSPS) is 14.9. The van der Waals surface area contributed by atoms with Crippen LogP contribution < -0.4 is 19.6 Å². The zero-order valence-electron chi connectivity index (χ0n) is 21.1. The van der Waals surface area contributed by atoms with Crippen molar-refractivity contribution in [3.05, 3.63) is 125 Å². The minimum atomic E-state index is -0.725. The summed E-state index contributed by atoms with van der Waals surface area (Å²) >= 11 is 4.67. The van der Waals surface area contributed by atoms with Gasteiger partial charge in [-0.1, -0.05) is 78.1 Å². The number of thiazole rings is 1. The van der Waals surface area contributed by atoms with Gasteiger partial charge in [-0.3, -0.25) is 14.2 Å². The fraction of sp³-hybridized carbons (Fsp3) is 0.133. The molecule has 3 aromatic carbocycles. The molecule has 1 atom stereocenters. The number of nitrogens with zero attached hydrogens (tertiary/aromatic N) is 2. The SMILES string of the molecule is CCOC(=O)C1=C(c2ccccc2)N=c2s/c(=C\c3ccc(OC(C)=O)c(Br)c3)c(=O)n2[C@H]1c1ccccc1. The standard InChI is InChI=1S/C30H23BrN2O5S/c1-3-37-29(36)25-26(20-10-6-4-7-11-20)32-30-33(27(25)21-12-8-5-9-13-21)28(35)24(39-30)17-19-14-15-23(22(31)16-19)38-18(2)34/h4-17,27H,3H2,1-2H3/b24-17-/t27-/m0/s1. The van der Waals surface area contributed by atoms with Crippen molar-refractivity contribution in [2.24, 2.45) is 4.99 Å². The zero-order chi connectivity index (χ0) is 27.5. The van der Waals surface area contributed by atoms with Crippen molar-refractivity contribution in [1.82, 2.24) is 4.57 Å². The van der Waals surface area contributed by atoms with Gasteiger partial charge in [0.25, 0.3) is 5.56 Å². The summed E-state index contributed by atoms with van der Waals surface area (Å²) in [6.07, 6.45) is 1.75. The Kier molecular flexibility index (Phi) is 7.72. The maximum absolute atomic E-state index is 13.9. The van der Waals surface area contributed by atoms with Crippen LogP contribution in [0.3, 0.4) is 0 Å². The molecule has 5 rings (SSSR count). The van der Waals surface area contributed by atoms with Gasteiger partial charge in [-0.05, 0) is 52.2 Å². The second-order valence-corrected chi connectivity index (χ2v) is 10.5. The van der Waals surface area contributed by atoms with Crippen LogP contribution in [-0.2, 0) is 14.3 Å². The Bertz CT molecular complexity index is 1780. The molecule has 0 saturated heterocycles. The van der Waals surface area contributed by atoms with Gasteiger partial charge >= 0.3 is 11.9 Å². The van der Waals surface area contributed by atoms with E-state index < -0.39 is 18.0 Å². The average molecular weight is 603 g/mol. The third kappa shape index (κ3) is 5.41. The van der Waals surface area contributed by atoms with E-state index in [1.54, 1.807) is 35.8 Å². The van der Waals surface area contributed by atoms with Crippen molar-refractivity contribution in [3.8, 4) is 5.75 Å². The maximum atomic E-state index is 13.9. The van der Waals surface area contributed by atoms with E-state index in [4.69, 9.17) is 14.5 Å². The lowest BCUT2D eigenvalue weighted by atomic mass is 9.93. The molecule has 0 spiro atoms. The van der Waals surface area contributed by atoms with Gasteiger partial charge in [0.1, 0.15) is 5.75 Å². The van der Waals surface area contributed by atoms with Crippen molar-refractivity contribution >= 4 is 51.0 Å². The van der Waals surface area contributed by atoms with Gasteiger partial charge in [0.15, 0.2) is 4.80 Å². The van der Waals surface area contributed by atoms with E-state index in [1.807, 2.05) is 60.7 Å². The summed E-state index contributed by atoms with van der Waals surface area (Å²) in [7, 11) is 0. The summed E-state index contributed by atoms with van der Waals surface area (Å²) in [5, 5.41) is 0. The fourth-order valence-electron chi connectivity index (χ4n) is 4.39. The predicted molar refractivity (Wildman–Crippen MR) is 153 cm³/mol. The van der Waals surface area contributed by atoms with Crippen LogP contribution in [0.25, 0.3) is 11.8 Å². The fourth-order valence-corrected chi connectivity index (χ4v) is 5.87. The molecule has 0 bridgehead atoms. The van der Waals surface area contributed by atoms with Gasteiger partial charge < -0.3 is 9.47 Å². The Labute approximate surface area is 236 Å². The Balaban J connectivity index is 1.75. The van der Waals surface area contributed by atoms with E-state index in [-0.39, 0.29) is 12.2 Å². The summed E-state index contributed by atoms with van der Waals surface area (Å²) in [5.74, 6) is -0.561. The molecule has 7 nitrogen and oxygen atoms in total. The summed E-state index contributed by atoms with van der Waals surface area (Å²) in [5.41, 5.74) is 2.76. The summed E-state index contributed by atoms with van der Waals surface area (Å²) in [6.45, 7) is 3.27. The van der Waals surface area contributed by atoms with Crippen LogP contribution in [0.15, 0.2) is 98.7 Å². The number of halogens is 1. The van der Waals surface area contributed by atoms with Crippen LogP contribution in [0, 0.1) is 0 Å². The highest BCUT2D eigenvalue weighted by Gasteiger charge is 2.35. The number of hydrogen-bond donors (Lipinski definition) is 0. The summed E-state index contributed by atoms with van der Waals surface area (Å²) in [6, 6.07) is 23.3. The van der Waals surface area contributed by atoms with E-state index in [9.17, 15) is 14.4 Å². The van der Waals surface area contributed by atoms with Crippen molar-refractivity contribution < 1.29 is 19.1 Å². The number of aromatic nitrogens is 1. The lowest BCUT2D eigenvalue weighted by molar-refractivity contribution is -0.139. The molecule has 0 radical (unpaired) electrons. The van der Waals surface area contributed by atoms with E-state index in [1.165, 1.54) is 18.3 Å². The summed E-state index contributed by atoms with van der Waals surface area (Å²) < 4.78 is 13.2. The lowest BCUT2D eigenvalue weighted by Crippen LogP contribution is -2.39. The predicted octanol–water partition coefficient (Wildman–Crippen LogP) is 4.62. The second-order valence-electron chi connectivity index (χ2n) is 8.63. The highest BCUT2D eigenvalue weighted by atomic mass is 79.9. The van der Waals surface area contributed by atoms with Gasteiger partial charge in [0.05, 0.1) is 32.9 Å². The molecule has 1 aliphatic heterocycles. The van der Waals surface area contributed by atoms with Crippen molar-refractivity contribution in [1.29, 1.82) is 0 Å². The van der Waals surface area contributed by atoms with E-state index in [0.29, 0.717) is 30.8 Å². The number of benzene rings is 3. The molecule has 0 aliphatic carbocycles. The third-order valence-electron chi connectivity index (χ3n) is 6.00. The number of rotatable bonds is 6. The second kappa shape index (κ2) is 11.3. The number of ether oxygens (including phenoxy) is 2. The first kappa shape index (κ1) is 26.5. The van der Waals surface area contributed by atoms with Crippen molar-refractivity contribution in [2.75, 3.05) is 6.61 Å². The number of esters is 2. The van der Waals surface area contributed by atoms with Crippen LogP contribution in [0.2, 0.25) is 0 Å². The van der Waals surface area contributed by atoms with Gasteiger partial charge in [-0.2, -0.15) is 0 Å². The molecule has 0 N–H and O–H groups in total. The average Bonchev–Trinajstić information content (AvgIpc) is 3.24. The molecular weight excluding hydrogens is 580 g/mol. The minimum Gasteiger partial charge on any atom is -0.463 e. The first-order valence-electron chi connectivity index (χ1n) is 12.2. The molecule has 1 aliphatic rings. The van der Waals surface area contributed by atoms with Crippen LogP contribution in [0.1, 0.15) is 36.6 Å². The van der Waals surface area contributed by atoms with Gasteiger partial charge in [-0.25, -0.2) is 9.79 Å². The van der Waals surface area contributed by atoms with Gasteiger partial charge in [-0.15, -0.1) is 0 Å². The van der Waals surface area contributed by atoms with Gasteiger partial charge in [0, 0.05) is 12.5 Å². The molecule has 9 heteroatoms. The maximum Gasteiger partial charge on any atom is 0.338 e. The van der Waals surface area contributed by atoms with Crippen LogP contribution >= 0.6 is 27.3 Å². The van der Waals surface area contributed by atoms with E-state index in [2.05, 4.69) is 15.9 Å².